The molecule has 1 nitrogen and oxygen atoms in total. The average molecular weight is 313 g/mol. The monoisotopic (exact) mass is 312 g/mol. The molecule has 1 atom stereocenters. The lowest BCUT2D eigenvalue weighted by molar-refractivity contribution is 0.200. The molecule has 4 heteroatoms. The first-order valence-electron chi connectivity index (χ1n) is 5.95. The molecule has 0 bridgehead atoms. The van der Waals surface area contributed by atoms with Crippen LogP contribution in [-0.2, 0) is 6.42 Å². The Bertz CT molecular complexity index is 531. The zero-order chi connectivity index (χ0) is 13.7. The summed E-state index contributed by atoms with van der Waals surface area (Å²) in [4.78, 5) is 1.15. The van der Waals surface area contributed by atoms with E-state index in [9.17, 15) is 5.11 Å². The highest BCUT2D eigenvalue weighted by Crippen LogP contribution is 2.27. The Morgan fingerprint density at radius 3 is 2.47 bits per heavy atom. The Balaban J connectivity index is 1.91. The molecule has 0 aliphatic carbocycles. The lowest BCUT2D eigenvalue weighted by atomic mass is 10.1. The molecule has 1 N–H and O–H groups in total. The van der Waals surface area contributed by atoms with Gasteiger partial charge in [-0.3, -0.25) is 0 Å². The summed E-state index contributed by atoms with van der Waals surface area (Å²) in [6, 6.07) is 15.5. The Morgan fingerprint density at radius 2 is 1.74 bits per heavy atom. The van der Waals surface area contributed by atoms with Gasteiger partial charge in [0.2, 0.25) is 0 Å². The minimum atomic E-state index is -0.443. The number of halogens is 2. The quantitative estimate of drug-likeness (QED) is 0.808. The third kappa shape index (κ3) is 4.43. The van der Waals surface area contributed by atoms with Gasteiger partial charge in [-0.15, -0.1) is 11.8 Å². The summed E-state index contributed by atoms with van der Waals surface area (Å²) in [5.74, 6) is 0.632. The van der Waals surface area contributed by atoms with Gasteiger partial charge in [-0.25, -0.2) is 0 Å². The van der Waals surface area contributed by atoms with Gasteiger partial charge in [-0.2, -0.15) is 0 Å². The molecule has 0 saturated heterocycles. The molecule has 2 aromatic rings. The van der Waals surface area contributed by atoms with Gasteiger partial charge in [0, 0.05) is 17.1 Å². The number of aliphatic hydroxyl groups is 1. The summed E-state index contributed by atoms with van der Waals surface area (Å²) in [6.45, 7) is 0. The van der Waals surface area contributed by atoms with Gasteiger partial charge < -0.3 is 5.11 Å². The third-order valence-corrected chi connectivity index (χ3v) is 4.69. The Labute approximate surface area is 127 Å². The Kier molecular flexibility index (Phi) is 5.59. The van der Waals surface area contributed by atoms with Crippen LogP contribution >= 0.6 is 35.0 Å². The van der Waals surface area contributed by atoms with Crippen molar-refractivity contribution in [2.24, 2.45) is 0 Å². The normalized spacial score (nSPS) is 12.4. The summed E-state index contributed by atoms with van der Waals surface area (Å²) in [5.41, 5.74) is 0.885. The van der Waals surface area contributed by atoms with Gasteiger partial charge in [0.1, 0.15) is 0 Å². The molecule has 1 unspecified atom stereocenters. The van der Waals surface area contributed by atoms with Crippen molar-refractivity contribution in [3.8, 4) is 0 Å². The zero-order valence-electron chi connectivity index (χ0n) is 10.2. The van der Waals surface area contributed by atoms with Crippen molar-refractivity contribution < 1.29 is 5.11 Å². The van der Waals surface area contributed by atoms with E-state index < -0.39 is 6.10 Å². The van der Waals surface area contributed by atoms with E-state index in [0.717, 1.165) is 10.5 Å². The van der Waals surface area contributed by atoms with Gasteiger partial charge >= 0.3 is 0 Å². The number of hydrogen-bond acceptors (Lipinski definition) is 2. The first-order valence-corrected chi connectivity index (χ1v) is 7.70. The van der Waals surface area contributed by atoms with E-state index in [1.807, 2.05) is 42.5 Å². The molecule has 0 heterocycles. The van der Waals surface area contributed by atoms with E-state index in [4.69, 9.17) is 23.2 Å². The van der Waals surface area contributed by atoms with Crippen molar-refractivity contribution >= 4 is 35.0 Å². The van der Waals surface area contributed by atoms with E-state index in [1.54, 1.807) is 17.8 Å². The van der Waals surface area contributed by atoms with Gasteiger partial charge in [-0.05, 0) is 23.8 Å². The number of hydrogen-bond donors (Lipinski definition) is 1. The molecule has 19 heavy (non-hydrogen) atoms. The topological polar surface area (TPSA) is 20.2 Å². The van der Waals surface area contributed by atoms with Crippen molar-refractivity contribution in [3.63, 3.8) is 0 Å². The molecule has 0 radical (unpaired) electrons. The fraction of sp³-hybridized carbons (Fsp3) is 0.200. The number of aliphatic hydroxyl groups excluding tert-OH is 1. The first kappa shape index (κ1) is 14.7. The molecular weight excluding hydrogens is 299 g/mol. The van der Waals surface area contributed by atoms with Crippen LogP contribution in [0, 0.1) is 0 Å². The predicted octanol–water partition coefficient (Wildman–Crippen LogP) is 4.69. The summed E-state index contributed by atoms with van der Waals surface area (Å²) in [6.07, 6.45) is 0.0698. The van der Waals surface area contributed by atoms with Crippen molar-refractivity contribution in [2.45, 2.75) is 17.4 Å². The van der Waals surface area contributed by atoms with Crippen LogP contribution in [0.4, 0.5) is 0 Å². The molecule has 0 amide bonds. The van der Waals surface area contributed by atoms with Crippen molar-refractivity contribution in [1.29, 1.82) is 0 Å². The molecule has 2 rings (SSSR count). The standard InChI is InChI=1S/C15H14Cl2OS/c16-14-8-4-5-11(15(14)17)9-12(18)10-19-13-6-2-1-3-7-13/h1-8,12,18H,9-10H2. The zero-order valence-corrected chi connectivity index (χ0v) is 12.6. The summed E-state index contributed by atoms with van der Waals surface area (Å²) in [7, 11) is 0. The second-order valence-corrected chi connectivity index (χ2v) is 6.07. The summed E-state index contributed by atoms with van der Waals surface area (Å²) < 4.78 is 0. The highest BCUT2D eigenvalue weighted by atomic mass is 35.5. The van der Waals surface area contributed by atoms with Crippen molar-refractivity contribution in [2.75, 3.05) is 5.75 Å². The maximum atomic E-state index is 10.1. The summed E-state index contributed by atoms with van der Waals surface area (Å²) in [5, 5.41) is 11.1. The Morgan fingerprint density at radius 1 is 1.00 bits per heavy atom. The third-order valence-electron chi connectivity index (χ3n) is 2.67. The molecule has 2 aromatic carbocycles. The van der Waals surface area contributed by atoms with Gasteiger partial charge in [0.05, 0.1) is 16.1 Å². The number of rotatable bonds is 5. The molecule has 0 saturated carbocycles. The van der Waals surface area contributed by atoms with Crippen LogP contribution in [-0.4, -0.2) is 17.0 Å². The van der Waals surface area contributed by atoms with Crippen LogP contribution in [0.1, 0.15) is 5.56 Å². The van der Waals surface area contributed by atoms with E-state index in [2.05, 4.69) is 0 Å². The van der Waals surface area contributed by atoms with E-state index in [1.165, 1.54) is 0 Å². The van der Waals surface area contributed by atoms with Crippen LogP contribution < -0.4 is 0 Å². The highest BCUT2D eigenvalue weighted by molar-refractivity contribution is 7.99. The van der Waals surface area contributed by atoms with Crippen molar-refractivity contribution in [3.05, 3.63) is 64.1 Å². The maximum Gasteiger partial charge on any atom is 0.0674 e. The van der Waals surface area contributed by atoms with E-state index >= 15 is 0 Å². The van der Waals surface area contributed by atoms with Gasteiger partial charge in [0.25, 0.3) is 0 Å². The summed E-state index contributed by atoms with van der Waals surface area (Å²) >= 11 is 13.7. The number of benzene rings is 2. The second-order valence-electron chi connectivity index (χ2n) is 4.19. The Hall–Kier alpha value is -0.670. The smallest absolute Gasteiger partial charge is 0.0674 e. The lowest BCUT2D eigenvalue weighted by Crippen LogP contribution is -2.13. The van der Waals surface area contributed by atoms with Gasteiger partial charge in [0.15, 0.2) is 0 Å². The SMILES string of the molecule is OC(CSc1ccccc1)Cc1cccc(Cl)c1Cl. The predicted molar refractivity (Wildman–Crippen MR) is 83.3 cm³/mol. The highest BCUT2D eigenvalue weighted by Gasteiger charge is 2.10. The fourth-order valence-corrected chi connectivity index (χ4v) is 2.98. The first-order chi connectivity index (χ1) is 9.16. The molecule has 0 fully saturated rings. The van der Waals surface area contributed by atoms with Crippen LogP contribution in [0.25, 0.3) is 0 Å². The second kappa shape index (κ2) is 7.20. The molecule has 0 aliphatic rings. The van der Waals surface area contributed by atoms with E-state index in [0.29, 0.717) is 22.2 Å². The number of thioether (sulfide) groups is 1. The fourth-order valence-electron chi connectivity index (χ4n) is 1.73. The van der Waals surface area contributed by atoms with Crippen LogP contribution in [0.2, 0.25) is 10.0 Å². The molecule has 0 spiro atoms. The van der Waals surface area contributed by atoms with Gasteiger partial charge in [-0.1, -0.05) is 53.5 Å². The van der Waals surface area contributed by atoms with E-state index in [-0.39, 0.29) is 0 Å². The van der Waals surface area contributed by atoms with Crippen LogP contribution in [0.15, 0.2) is 53.4 Å². The minimum absolute atomic E-state index is 0.443. The lowest BCUT2D eigenvalue weighted by Gasteiger charge is -2.12. The van der Waals surface area contributed by atoms with Crippen molar-refractivity contribution in [1.82, 2.24) is 0 Å². The largest absolute Gasteiger partial charge is 0.392 e. The van der Waals surface area contributed by atoms with Crippen LogP contribution in [0.3, 0.4) is 0 Å². The van der Waals surface area contributed by atoms with Crippen LogP contribution in [0.5, 0.6) is 0 Å². The average Bonchev–Trinajstić information content (AvgIpc) is 2.43. The maximum absolute atomic E-state index is 10.1. The molecule has 0 aromatic heterocycles. The molecule has 100 valence electrons. The minimum Gasteiger partial charge on any atom is -0.392 e. The molecular formula is C15H14Cl2OS. The molecule has 0 aliphatic heterocycles.